The molecule has 1 unspecified atom stereocenters. The predicted molar refractivity (Wildman–Crippen MR) is 83.4 cm³/mol. The monoisotopic (exact) mass is 296 g/mol. The minimum Gasteiger partial charge on any atom is -0.373 e. The van der Waals surface area contributed by atoms with Gasteiger partial charge in [-0.05, 0) is 39.0 Å². The van der Waals surface area contributed by atoms with E-state index < -0.39 is 0 Å². The molecule has 120 valence electrons. The third-order valence-corrected chi connectivity index (χ3v) is 3.97. The summed E-state index contributed by atoms with van der Waals surface area (Å²) < 4.78 is 5.74. The van der Waals surface area contributed by atoms with Crippen LogP contribution < -0.4 is 16.0 Å². The van der Waals surface area contributed by atoms with Crippen LogP contribution in [0.3, 0.4) is 0 Å². The molecule has 1 aliphatic heterocycles. The molecule has 0 aromatic heterocycles. The molecule has 1 amide bonds. The van der Waals surface area contributed by atoms with E-state index in [1.54, 1.807) is 7.05 Å². The summed E-state index contributed by atoms with van der Waals surface area (Å²) in [6.45, 7) is 4.48. The minimum absolute atomic E-state index is 0.0816. The number of guanidine groups is 1. The Balaban J connectivity index is 1.55. The molecule has 0 bridgehead atoms. The van der Waals surface area contributed by atoms with Crippen molar-refractivity contribution in [1.82, 2.24) is 16.0 Å². The van der Waals surface area contributed by atoms with Gasteiger partial charge in [-0.1, -0.05) is 0 Å². The molecule has 2 aliphatic rings. The van der Waals surface area contributed by atoms with Gasteiger partial charge in [0.05, 0.1) is 5.60 Å². The highest BCUT2D eigenvalue weighted by molar-refractivity contribution is 5.80. The third kappa shape index (κ3) is 5.91. The SMILES string of the molecule is CN=C(NCCCC(=O)NC1CC1)NCC1(C)CCCO1. The van der Waals surface area contributed by atoms with Crippen molar-refractivity contribution in [1.29, 1.82) is 0 Å². The van der Waals surface area contributed by atoms with Crippen molar-refractivity contribution >= 4 is 11.9 Å². The molecular weight excluding hydrogens is 268 g/mol. The van der Waals surface area contributed by atoms with Gasteiger partial charge in [0.15, 0.2) is 5.96 Å². The van der Waals surface area contributed by atoms with Crippen LogP contribution in [0.2, 0.25) is 0 Å². The number of carbonyl (C=O) groups excluding carboxylic acids is 1. The summed E-state index contributed by atoms with van der Waals surface area (Å²) in [6.07, 6.45) is 5.87. The van der Waals surface area contributed by atoms with Crippen molar-refractivity contribution in [3.05, 3.63) is 0 Å². The molecule has 1 saturated carbocycles. The first kappa shape index (κ1) is 16.1. The summed E-state index contributed by atoms with van der Waals surface area (Å²) in [6, 6.07) is 0.451. The zero-order valence-corrected chi connectivity index (χ0v) is 13.2. The van der Waals surface area contributed by atoms with Crippen LogP contribution in [0.4, 0.5) is 0 Å². The van der Waals surface area contributed by atoms with E-state index in [1.807, 2.05) is 0 Å². The van der Waals surface area contributed by atoms with E-state index in [0.29, 0.717) is 12.5 Å². The van der Waals surface area contributed by atoms with Gasteiger partial charge in [0.2, 0.25) is 5.91 Å². The van der Waals surface area contributed by atoms with Gasteiger partial charge in [0.1, 0.15) is 0 Å². The number of rotatable bonds is 7. The maximum Gasteiger partial charge on any atom is 0.220 e. The van der Waals surface area contributed by atoms with Crippen LogP contribution in [0.5, 0.6) is 0 Å². The van der Waals surface area contributed by atoms with Crippen molar-refractivity contribution < 1.29 is 9.53 Å². The number of nitrogens with zero attached hydrogens (tertiary/aromatic N) is 1. The molecule has 0 radical (unpaired) electrons. The Kier molecular flexibility index (Phi) is 5.85. The first-order valence-corrected chi connectivity index (χ1v) is 7.99. The van der Waals surface area contributed by atoms with Gasteiger partial charge in [-0.2, -0.15) is 0 Å². The van der Waals surface area contributed by atoms with Crippen molar-refractivity contribution in [2.75, 3.05) is 26.7 Å². The Labute approximate surface area is 127 Å². The van der Waals surface area contributed by atoms with E-state index in [9.17, 15) is 4.79 Å². The molecule has 2 rings (SSSR count). The van der Waals surface area contributed by atoms with E-state index in [4.69, 9.17) is 4.74 Å². The van der Waals surface area contributed by atoms with Crippen LogP contribution in [-0.4, -0.2) is 50.3 Å². The lowest BCUT2D eigenvalue weighted by atomic mass is 10.0. The smallest absolute Gasteiger partial charge is 0.220 e. The number of ether oxygens (including phenoxy) is 1. The summed E-state index contributed by atoms with van der Waals surface area (Å²) in [5.74, 6) is 0.934. The summed E-state index contributed by atoms with van der Waals surface area (Å²) in [4.78, 5) is 15.7. The number of hydrogen-bond donors (Lipinski definition) is 3. The van der Waals surface area contributed by atoms with Crippen LogP contribution in [-0.2, 0) is 9.53 Å². The van der Waals surface area contributed by atoms with Gasteiger partial charge in [0.25, 0.3) is 0 Å². The standard InChI is InChI=1S/C15H28N4O2/c1-15(8-4-10-21-15)11-18-14(16-2)17-9-3-5-13(20)19-12-6-7-12/h12H,3-11H2,1-2H3,(H,19,20)(H2,16,17,18). The Morgan fingerprint density at radius 1 is 1.38 bits per heavy atom. The largest absolute Gasteiger partial charge is 0.373 e. The van der Waals surface area contributed by atoms with Gasteiger partial charge >= 0.3 is 0 Å². The second kappa shape index (κ2) is 7.64. The fourth-order valence-electron chi connectivity index (χ4n) is 2.45. The van der Waals surface area contributed by atoms with Crippen LogP contribution in [0.1, 0.15) is 45.4 Å². The fraction of sp³-hybridized carbons (Fsp3) is 0.867. The van der Waals surface area contributed by atoms with Crippen molar-refractivity contribution in [3.63, 3.8) is 0 Å². The zero-order valence-electron chi connectivity index (χ0n) is 13.2. The van der Waals surface area contributed by atoms with E-state index in [1.165, 1.54) is 0 Å². The predicted octanol–water partition coefficient (Wildman–Crippen LogP) is 0.779. The lowest BCUT2D eigenvalue weighted by Gasteiger charge is -2.24. The molecule has 21 heavy (non-hydrogen) atoms. The quantitative estimate of drug-likeness (QED) is 0.369. The molecular formula is C15H28N4O2. The van der Waals surface area contributed by atoms with Crippen molar-refractivity contribution in [2.24, 2.45) is 4.99 Å². The molecule has 1 saturated heterocycles. The average Bonchev–Trinajstić information content (AvgIpc) is 3.17. The van der Waals surface area contributed by atoms with Crippen molar-refractivity contribution in [2.45, 2.75) is 57.1 Å². The molecule has 6 heteroatoms. The topological polar surface area (TPSA) is 74.8 Å². The van der Waals surface area contributed by atoms with Crippen molar-refractivity contribution in [3.8, 4) is 0 Å². The van der Waals surface area contributed by atoms with Gasteiger partial charge in [0, 0.05) is 39.2 Å². The first-order chi connectivity index (χ1) is 10.1. The van der Waals surface area contributed by atoms with E-state index in [0.717, 1.165) is 57.8 Å². The number of hydrogen-bond acceptors (Lipinski definition) is 3. The molecule has 1 heterocycles. The summed E-state index contributed by atoms with van der Waals surface area (Å²) in [5.41, 5.74) is -0.0816. The maximum atomic E-state index is 11.5. The molecule has 2 fully saturated rings. The Morgan fingerprint density at radius 3 is 2.81 bits per heavy atom. The fourth-order valence-corrected chi connectivity index (χ4v) is 2.45. The second-order valence-electron chi connectivity index (χ2n) is 6.20. The lowest BCUT2D eigenvalue weighted by Crippen LogP contribution is -2.45. The highest BCUT2D eigenvalue weighted by atomic mass is 16.5. The molecule has 6 nitrogen and oxygen atoms in total. The third-order valence-electron chi connectivity index (χ3n) is 3.97. The van der Waals surface area contributed by atoms with Gasteiger partial charge in [-0.25, -0.2) is 0 Å². The second-order valence-corrected chi connectivity index (χ2v) is 6.20. The molecule has 0 aromatic rings. The van der Waals surface area contributed by atoms with E-state index in [2.05, 4.69) is 27.9 Å². The van der Waals surface area contributed by atoms with Gasteiger partial charge in [-0.15, -0.1) is 0 Å². The Hall–Kier alpha value is -1.30. The summed E-state index contributed by atoms with van der Waals surface area (Å²) in [5, 5.41) is 9.53. The van der Waals surface area contributed by atoms with Crippen LogP contribution in [0.25, 0.3) is 0 Å². The highest BCUT2D eigenvalue weighted by Gasteiger charge is 2.29. The molecule has 1 aliphatic carbocycles. The summed E-state index contributed by atoms with van der Waals surface area (Å²) in [7, 11) is 1.76. The van der Waals surface area contributed by atoms with E-state index in [-0.39, 0.29) is 11.5 Å². The zero-order chi connectivity index (χ0) is 15.1. The molecule has 0 aromatic carbocycles. The Bertz CT molecular complexity index is 374. The minimum atomic E-state index is -0.0816. The lowest BCUT2D eigenvalue weighted by molar-refractivity contribution is -0.121. The Morgan fingerprint density at radius 2 is 2.19 bits per heavy atom. The molecule has 0 spiro atoms. The van der Waals surface area contributed by atoms with E-state index >= 15 is 0 Å². The number of nitrogens with one attached hydrogen (secondary N) is 3. The van der Waals surface area contributed by atoms with Crippen LogP contribution in [0.15, 0.2) is 4.99 Å². The molecule has 3 N–H and O–H groups in total. The molecule has 1 atom stereocenters. The number of aliphatic imine (C=N–C) groups is 1. The van der Waals surface area contributed by atoms with Crippen LogP contribution in [0, 0.1) is 0 Å². The summed E-state index contributed by atoms with van der Waals surface area (Å²) >= 11 is 0. The highest BCUT2D eigenvalue weighted by Crippen LogP contribution is 2.23. The van der Waals surface area contributed by atoms with Crippen LogP contribution >= 0.6 is 0 Å². The number of amides is 1. The number of carbonyl (C=O) groups is 1. The first-order valence-electron chi connectivity index (χ1n) is 7.99. The average molecular weight is 296 g/mol. The maximum absolute atomic E-state index is 11.5. The van der Waals surface area contributed by atoms with Gasteiger partial charge < -0.3 is 20.7 Å². The normalized spacial score (nSPS) is 25.7. The van der Waals surface area contributed by atoms with Gasteiger partial charge in [-0.3, -0.25) is 9.79 Å².